The Morgan fingerprint density at radius 2 is 2.10 bits per heavy atom. The number of ether oxygens (including phenoxy) is 1. The van der Waals surface area contributed by atoms with E-state index in [9.17, 15) is 0 Å². The third-order valence-corrected chi connectivity index (χ3v) is 6.11. The van der Waals surface area contributed by atoms with Gasteiger partial charge in [0.2, 0.25) is 0 Å². The molecule has 0 spiro atoms. The van der Waals surface area contributed by atoms with Gasteiger partial charge in [-0.05, 0) is 50.7 Å². The largest absolute Gasteiger partial charge is 0.378 e. The number of anilines is 1. The molecular weight excluding hydrogens is 386 g/mol. The van der Waals surface area contributed by atoms with Crippen molar-refractivity contribution >= 4 is 23.4 Å². The molecule has 7 heteroatoms. The van der Waals surface area contributed by atoms with Crippen molar-refractivity contribution in [2.45, 2.75) is 69.9 Å². The van der Waals surface area contributed by atoms with Crippen LogP contribution in [-0.2, 0) is 4.74 Å². The molecule has 162 valence electrons. The lowest BCUT2D eigenvalue weighted by molar-refractivity contribution is 0.0264. The van der Waals surface area contributed by atoms with Crippen molar-refractivity contribution < 1.29 is 4.74 Å². The summed E-state index contributed by atoms with van der Waals surface area (Å²) in [5, 5.41) is 7.68. The quantitative estimate of drug-likeness (QED) is 0.358. The van der Waals surface area contributed by atoms with Crippen LogP contribution >= 0.6 is 11.6 Å². The lowest BCUT2D eigenvalue weighted by atomic mass is 9.98. The molecule has 1 atom stereocenters. The van der Waals surface area contributed by atoms with Crippen LogP contribution in [0, 0.1) is 0 Å². The molecule has 1 aliphatic carbocycles. The first-order valence-corrected chi connectivity index (χ1v) is 11.6. The molecule has 0 amide bonds. The number of aromatic nitrogens is 1. The number of hydrogen-bond donors (Lipinski definition) is 2. The Kier molecular flexibility index (Phi) is 9.35. The number of guanidine groups is 1. The zero-order valence-corrected chi connectivity index (χ0v) is 18.5. The smallest absolute Gasteiger partial charge is 0.191 e. The van der Waals surface area contributed by atoms with E-state index >= 15 is 0 Å². The maximum Gasteiger partial charge on any atom is 0.191 e. The third kappa shape index (κ3) is 7.34. The summed E-state index contributed by atoms with van der Waals surface area (Å²) in [7, 11) is 1.83. The number of rotatable bonds is 9. The Balaban J connectivity index is 1.26. The maximum absolute atomic E-state index is 6.28. The van der Waals surface area contributed by atoms with Crippen molar-refractivity contribution in [3.8, 4) is 0 Å². The van der Waals surface area contributed by atoms with E-state index in [1.807, 2.05) is 19.2 Å². The molecular formula is C22H36ClN5O. The fraction of sp³-hybridized carbons (Fsp3) is 0.727. The molecule has 2 aliphatic rings. The van der Waals surface area contributed by atoms with Gasteiger partial charge < -0.3 is 20.3 Å². The van der Waals surface area contributed by atoms with Crippen molar-refractivity contribution in [1.82, 2.24) is 15.6 Å². The van der Waals surface area contributed by atoms with E-state index in [1.165, 1.54) is 38.5 Å². The molecule has 2 fully saturated rings. The maximum atomic E-state index is 6.28. The molecule has 1 saturated carbocycles. The average molecular weight is 422 g/mol. The minimum absolute atomic E-state index is 0.350. The number of hydrogen-bond acceptors (Lipinski definition) is 4. The van der Waals surface area contributed by atoms with Crippen LogP contribution in [0.2, 0.25) is 5.02 Å². The minimum atomic E-state index is 0.350. The summed E-state index contributed by atoms with van der Waals surface area (Å²) in [5.74, 6) is 1.75. The third-order valence-electron chi connectivity index (χ3n) is 5.81. The van der Waals surface area contributed by atoms with Gasteiger partial charge in [-0.25, -0.2) is 4.98 Å². The molecule has 6 nitrogen and oxygen atoms in total. The fourth-order valence-electron chi connectivity index (χ4n) is 4.16. The van der Waals surface area contributed by atoms with Gasteiger partial charge in [0.15, 0.2) is 5.96 Å². The van der Waals surface area contributed by atoms with Crippen molar-refractivity contribution in [3.05, 3.63) is 23.4 Å². The molecule has 1 aromatic rings. The summed E-state index contributed by atoms with van der Waals surface area (Å²) < 4.78 is 6.00. The standard InChI is InChI=1S/C22H36ClN5O/c1-24-22(26-13-6-3-7-16-29-19-9-4-2-5-10-19)27-18-12-15-28(17-18)21-20(23)11-8-14-25-21/h8,11,14,18-19H,2-7,9-10,12-13,15-17H2,1H3,(H2,24,26,27). The molecule has 2 heterocycles. The van der Waals surface area contributed by atoms with Crippen molar-refractivity contribution in [1.29, 1.82) is 0 Å². The molecule has 29 heavy (non-hydrogen) atoms. The second-order valence-electron chi connectivity index (χ2n) is 8.08. The minimum Gasteiger partial charge on any atom is -0.378 e. The Bertz CT molecular complexity index is 635. The van der Waals surface area contributed by atoms with E-state index in [0.717, 1.165) is 57.3 Å². The Hall–Kier alpha value is -1.53. The summed E-state index contributed by atoms with van der Waals surface area (Å²) in [6, 6.07) is 4.11. The van der Waals surface area contributed by atoms with Gasteiger partial charge in [0.05, 0.1) is 11.1 Å². The van der Waals surface area contributed by atoms with Gasteiger partial charge in [-0.1, -0.05) is 30.9 Å². The molecule has 0 radical (unpaired) electrons. The summed E-state index contributed by atoms with van der Waals surface area (Å²) in [6.07, 6.45) is 13.4. The highest BCUT2D eigenvalue weighted by atomic mass is 35.5. The van der Waals surface area contributed by atoms with Gasteiger partial charge in [-0.2, -0.15) is 0 Å². The topological polar surface area (TPSA) is 61.8 Å². The van der Waals surface area contributed by atoms with Crippen LogP contribution in [0.25, 0.3) is 0 Å². The van der Waals surface area contributed by atoms with Crippen molar-refractivity contribution in [3.63, 3.8) is 0 Å². The van der Waals surface area contributed by atoms with Crippen LogP contribution in [0.4, 0.5) is 5.82 Å². The lowest BCUT2D eigenvalue weighted by Crippen LogP contribution is -2.44. The van der Waals surface area contributed by atoms with Crippen molar-refractivity contribution in [2.24, 2.45) is 4.99 Å². The van der Waals surface area contributed by atoms with Gasteiger partial charge in [-0.3, -0.25) is 4.99 Å². The molecule has 0 bridgehead atoms. The molecule has 1 aliphatic heterocycles. The van der Waals surface area contributed by atoms with Crippen LogP contribution in [0.1, 0.15) is 57.8 Å². The van der Waals surface area contributed by atoms with Gasteiger partial charge in [-0.15, -0.1) is 0 Å². The average Bonchev–Trinajstić information content (AvgIpc) is 3.21. The summed E-state index contributed by atoms with van der Waals surface area (Å²) in [5.41, 5.74) is 0. The summed E-state index contributed by atoms with van der Waals surface area (Å²) in [4.78, 5) is 11.0. The van der Waals surface area contributed by atoms with E-state index in [1.54, 1.807) is 6.20 Å². The van der Waals surface area contributed by atoms with E-state index < -0.39 is 0 Å². The highest BCUT2D eigenvalue weighted by Gasteiger charge is 2.25. The molecule has 2 N–H and O–H groups in total. The van der Waals surface area contributed by atoms with Crippen LogP contribution in [0.15, 0.2) is 23.3 Å². The van der Waals surface area contributed by atoms with E-state index in [-0.39, 0.29) is 0 Å². The van der Waals surface area contributed by atoms with Gasteiger partial charge in [0, 0.05) is 45.5 Å². The van der Waals surface area contributed by atoms with Crippen LogP contribution in [-0.4, -0.2) is 56.4 Å². The number of pyridine rings is 1. The molecule has 1 saturated heterocycles. The second kappa shape index (κ2) is 12.2. The van der Waals surface area contributed by atoms with E-state index in [4.69, 9.17) is 16.3 Å². The van der Waals surface area contributed by atoms with Crippen LogP contribution in [0.3, 0.4) is 0 Å². The highest BCUT2D eigenvalue weighted by molar-refractivity contribution is 6.32. The molecule has 1 aromatic heterocycles. The SMILES string of the molecule is CN=C(NCCCCCOC1CCCCC1)NC1CCN(c2ncccc2Cl)C1. The number of unbranched alkanes of at least 4 members (excludes halogenated alkanes) is 2. The fourth-order valence-corrected chi connectivity index (χ4v) is 4.40. The molecule has 1 unspecified atom stereocenters. The Labute approximate surface area is 180 Å². The van der Waals surface area contributed by atoms with E-state index in [0.29, 0.717) is 17.2 Å². The Morgan fingerprint density at radius 3 is 2.90 bits per heavy atom. The number of nitrogens with one attached hydrogen (secondary N) is 2. The first-order chi connectivity index (χ1) is 14.3. The Morgan fingerprint density at radius 1 is 1.24 bits per heavy atom. The first kappa shape index (κ1) is 22.2. The van der Waals surface area contributed by atoms with Crippen molar-refractivity contribution in [2.75, 3.05) is 38.2 Å². The van der Waals surface area contributed by atoms with Gasteiger partial charge in [0.25, 0.3) is 0 Å². The van der Waals surface area contributed by atoms with Crippen LogP contribution < -0.4 is 15.5 Å². The summed E-state index contributed by atoms with van der Waals surface area (Å²) in [6.45, 7) is 3.68. The predicted octanol–water partition coefficient (Wildman–Crippen LogP) is 4.00. The zero-order valence-electron chi connectivity index (χ0n) is 17.7. The number of halogens is 1. The molecule has 3 rings (SSSR count). The van der Waals surface area contributed by atoms with Crippen LogP contribution in [0.5, 0.6) is 0 Å². The lowest BCUT2D eigenvalue weighted by Gasteiger charge is -2.22. The van der Waals surface area contributed by atoms with Gasteiger partial charge >= 0.3 is 0 Å². The van der Waals surface area contributed by atoms with E-state index in [2.05, 4.69) is 25.5 Å². The normalized spacial score (nSPS) is 20.8. The zero-order chi connectivity index (χ0) is 20.3. The number of nitrogens with zero attached hydrogens (tertiary/aromatic N) is 3. The second-order valence-corrected chi connectivity index (χ2v) is 8.48. The number of aliphatic imine (C=N–C) groups is 1. The van der Waals surface area contributed by atoms with Gasteiger partial charge in [0.1, 0.15) is 5.82 Å². The highest BCUT2D eigenvalue weighted by Crippen LogP contribution is 2.25. The summed E-state index contributed by atoms with van der Waals surface area (Å²) >= 11 is 6.28. The first-order valence-electron chi connectivity index (χ1n) is 11.2. The monoisotopic (exact) mass is 421 g/mol. The predicted molar refractivity (Wildman–Crippen MR) is 121 cm³/mol. The molecule has 0 aromatic carbocycles.